The second-order valence-corrected chi connectivity index (χ2v) is 3.99. The minimum absolute atomic E-state index is 0.300. The molecule has 5 heteroatoms. The normalized spacial score (nSPS) is 10.1. The molecule has 5 nitrogen and oxygen atoms in total. The maximum Gasteiger partial charge on any atom is 0.149 e. The van der Waals surface area contributed by atoms with Gasteiger partial charge in [0, 0.05) is 19.1 Å². The van der Waals surface area contributed by atoms with Gasteiger partial charge in [-0.25, -0.2) is 4.98 Å². The molecule has 0 aliphatic carbocycles. The minimum Gasteiger partial charge on any atom is -0.369 e. The van der Waals surface area contributed by atoms with Crippen LogP contribution in [0.2, 0.25) is 0 Å². The average molecular weight is 233 g/mol. The fourth-order valence-electron chi connectivity index (χ4n) is 1.57. The zero-order chi connectivity index (χ0) is 12.7. The number of hydrogen-bond donors (Lipinski definition) is 1. The average Bonchev–Trinajstić information content (AvgIpc) is 2.30. The van der Waals surface area contributed by atoms with Gasteiger partial charge in [-0.05, 0) is 20.8 Å². The van der Waals surface area contributed by atoms with E-state index < -0.39 is 0 Å². The largest absolute Gasteiger partial charge is 0.369 e. The Kier molecular flexibility index (Phi) is 5.21. The molecule has 92 valence electrons. The number of aromatic nitrogens is 2. The van der Waals surface area contributed by atoms with Gasteiger partial charge >= 0.3 is 0 Å². The van der Waals surface area contributed by atoms with E-state index in [2.05, 4.69) is 40.1 Å². The Morgan fingerprint density at radius 3 is 2.82 bits per heavy atom. The summed E-state index contributed by atoms with van der Waals surface area (Å²) in [7, 11) is 0. The maximum atomic E-state index is 8.66. The molecule has 1 heterocycles. The number of hydrogen-bond acceptors (Lipinski definition) is 5. The molecule has 1 rings (SSSR count). The number of rotatable bonds is 6. The molecule has 0 radical (unpaired) electrons. The summed E-state index contributed by atoms with van der Waals surface area (Å²) in [6.07, 6.45) is 3.93. The zero-order valence-corrected chi connectivity index (χ0v) is 10.6. The fraction of sp³-hybridized carbons (Fsp3) is 0.583. The van der Waals surface area contributed by atoms with E-state index in [1.54, 1.807) is 12.4 Å². The van der Waals surface area contributed by atoms with Gasteiger partial charge in [0.05, 0.1) is 24.9 Å². The van der Waals surface area contributed by atoms with Crippen molar-refractivity contribution in [1.29, 1.82) is 5.26 Å². The van der Waals surface area contributed by atoms with E-state index in [9.17, 15) is 0 Å². The van der Waals surface area contributed by atoms with Crippen molar-refractivity contribution in [3.05, 3.63) is 12.4 Å². The first kappa shape index (κ1) is 13.2. The van der Waals surface area contributed by atoms with E-state index in [1.165, 1.54) is 0 Å². The van der Waals surface area contributed by atoms with Crippen LogP contribution in [0.3, 0.4) is 0 Å². The molecule has 0 aliphatic heterocycles. The first-order valence-corrected chi connectivity index (χ1v) is 5.88. The SMILES string of the molecule is CCNc1cncc(N(CCC#N)C(C)C)n1. The van der Waals surface area contributed by atoms with Gasteiger partial charge in [-0.3, -0.25) is 4.98 Å². The summed E-state index contributed by atoms with van der Waals surface area (Å²) < 4.78 is 0. The van der Waals surface area contributed by atoms with E-state index in [0.29, 0.717) is 19.0 Å². The molecule has 0 spiro atoms. The molecule has 17 heavy (non-hydrogen) atoms. The topological polar surface area (TPSA) is 64.8 Å². The second kappa shape index (κ2) is 6.69. The van der Waals surface area contributed by atoms with Crippen LogP contribution in [0.1, 0.15) is 27.2 Å². The summed E-state index contributed by atoms with van der Waals surface area (Å²) in [5.41, 5.74) is 0. The van der Waals surface area contributed by atoms with Crippen molar-refractivity contribution in [3.63, 3.8) is 0 Å². The van der Waals surface area contributed by atoms with Crippen molar-refractivity contribution >= 4 is 11.6 Å². The van der Waals surface area contributed by atoms with Crippen molar-refractivity contribution in [2.45, 2.75) is 33.2 Å². The van der Waals surface area contributed by atoms with Gasteiger partial charge in [-0.1, -0.05) is 0 Å². The molecule has 0 atom stereocenters. The quantitative estimate of drug-likeness (QED) is 0.814. The lowest BCUT2D eigenvalue weighted by Crippen LogP contribution is -2.32. The molecule has 0 bridgehead atoms. The van der Waals surface area contributed by atoms with Crippen LogP contribution in [0.25, 0.3) is 0 Å². The summed E-state index contributed by atoms with van der Waals surface area (Å²) in [6, 6.07) is 2.46. The number of nitriles is 1. The molecular formula is C12H19N5. The Balaban J connectivity index is 2.86. The summed E-state index contributed by atoms with van der Waals surface area (Å²) in [6.45, 7) is 7.68. The van der Waals surface area contributed by atoms with Crippen molar-refractivity contribution in [2.75, 3.05) is 23.3 Å². The molecule has 0 saturated carbocycles. The van der Waals surface area contributed by atoms with Crippen LogP contribution in [-0.4, -0.2) is 29.1 Å². The highest BCUT2D eigenvalue weighted by atomic mass is 15.2. The lowest BCUT2D eigenvalue weighted by Gasteiger charge is -2.26. The molecule has 1 N–H and O–H groups in total. The standard InChI is InChI=1S/C12H19N5/c1-4-15-11-8-14-9-12(16-11)17(10(2)3)7-5-6-13/h8-10H,4-5,7H2,1-3H3,(H,15,16). The molecule has 0 aliphatic rings. The van der Waals surface area contributed by atoms with E-state index in [4.69, 9.17) is 5.26 Å². The molecular weight excluding hydrogens is 214 g/mol. The Labute approximate surface area is 102 Å². The number of nitrogens with one attached hydrogen (secondary N) is 1. The van der Waals surface area contributed by atoms with Crippen LogP contribution in [0.5, 0.6) is 0 Å². The van der Waals surface area contributed by atoms with E-state index >= 15 is 0 Å². The number of nitrogens with zero attached hydrogens (tertiary/aromatic N) is 4. The van der Waals surface area contributed by atoms with Crippen molar-refractivity contribution < 1.29 is 0 Å². The smallest absolute Gasteiger partial charge is 0.149 e. The van der Waals surface area contributed by atoms with Crippen LogP contribution >= 0.6 is 0 Å². The maximum absolute atomic E-state index is 8.66. The Hall–Kier alpha value is -1.83. The second-order valence-electron chi connectivity index (χ2n) is 3.99. The molecule has 0 saturated heterocycles. The predicted octanol–water partition coefficient (Wildman–Crippen LogP) is 2.04. The van der Waals surface area contributed by atoms with Crippen LogP contribution in [0.15, 0.2) is 12.4 Å². The monoisotopic (exact) mass is 233 g/mol. The van der Waals surface area contributed by atoms with Crippen molar-refractivity contribution in [2.24, 2.45) is 0 Å². The molecule has 1 aromatic heterocycles. The zero-order valence-electron chi connectivity index (χ0n) is 10.6. The highest BCUT2D eigenvalue weighted by molar-refractivity contribution is 5.44. The lowest BCUT2D eigenvalue weighted by atomic mass is 10.3. The third-order valence-electron chi connectivity index (χ3n) is 2.36. The van der Waals surface area contributed by atoms with Gasteiger partial charge in [-0.15, -0.1) is 0 Å². The van der Waals surface area contributed by atoms with Gasteiger partial charge in [0.2, 0.25) is 0 Å². The fourth-order valence-corrected chi connectivity index (χ4v) is 1.57. The summed E-state index contributed by atoms with van der Waals surface area (Å²) >= 11 is 0. The van der Waals surface area contributed by atoms with Gasteiger partial charge in [0.15, 0.2) is 0 Å². The lowest BCUT2D eigenvalue weighted by molar-refractivity contribution is 0.675. The van der Waals surface area contributed by atoms with Gasteiger partial charge in [-0.2, -0.15) is 5.26 Å². The van der Waals surface area contributed by atoms with Crippen molar-refractivity contribution in [1.82, 2.24) is 9.97 Å². The Morgan fingerprint density at radius 2 is 2.24 bits per heavy atom. The highest BCUT2D eigenvalue weighted by Crippen LogP contribution is 2.15. The first-order chi connectivity index (χ1) is 8.19. The van der Waals surface area contributed by atoms with Crippen molar-refractivity contribution in [3.8, 4) is 6.07 Å². The molecule has 0 amide bonds. The molecule has 1 aromatic rings. The van der Waals surface area contributed by atoms with Crippen LogP contribution in [0.4, 0.5) is 11.6 Å². The summed E-state index contributed by atoms with van der Waals surface area (Å²) in [4.78, 5) is 10.7. The van der Waals surface area contributed by atoms with Gasteiger partial charge < -0.3 is 10.2 Å². The highest BCUT2D eigenvalue weighted by Gasteiger charge is 2.12. The summed E-state index contributed by atoms with van der Waals surface area (Å²) in [5, 5.41) is 11.8. The number of anilines is 2. The third-order valence-corrected chi connectivity index (χ3v) is 2.36. The Morgan fingerprint density at radius 1 is 1.47 bits per heavy atom. The first-order valence-electron chi connectivity index (χ1n) is 5.88. The van der Waals surface area contributed by atoms with Gasteiger partial charge in [0.25, 0.3) is 0 Å². The third kappa shape index (κ3) is 3.91. The van der Waals surface area contributed by atoms with E-state index in [0.717, 1.165) is 18.2 Å². The van der Waals surface area contributed by atoms with Crippen LogP contribution in [0, 0.1) is 11.3 Å². The molecule has 0 unspecified atom stereocenters. The van der Waals surface area contributed by atoms with Crippen LogP contribution < -0.4 is 10.2 Å². The van der Waals surface area contributed by atoms with Gasteiger partial charge in [0.1, 0.15) is 11.6 Å². The van der Waals surface area contributed by atoms with Crippen LogP contribution in [-0.2, 0) is 0 Å². The Bertz CT molecular complexity index is 383. The predicted molar refractivity (Wildman–Crippen MR) is 68.9 cm³/mol. The molecule has 0 fully saturated rings. The summed E-state index contributed by atoms with van der Waals surface area (Å²) in [5.74, 6) is 1.58. The minimum atomic E-state index is 0.300. The van der Waals surface area contributed by atoms with E-state index in [1.807, 2.05) is 6.92 Å². The van der Waals surface area contributed by atoms with E-state index in [-0.39, 0.29) is 0 Å². The molecule has 0 aromatic carbocycles.